The maximum Gasteiger partial charge on any atom is 1.00 e. The van der Waals surface area contributed by atoms with Crippen molar-refractivity contribution in [2.24, 2.45) is 0 Å². The Morgan fingerprint density at radius 3 is 1.11 bits per heavy atom. The van der Waals surface area contributed by atoms with Crippen molar-refractivity contribution in [1.82, 2.24) is 19.6 Å². The summed E-state index contributed by atoms with van der Waals surface area (Å²) in [5.41, 5.74) is 6.11. The zero-order valence-electron chi connectivity index (χ0n) is 40.7. The zero-order valence-corrected chi connectivity index (χ0v) is 40.7. The van der Waals surface area contributed by atoms with E-state index in [1.54, 1.807) is 9.80 Å². The summed E-state index contributed by atoms with van der Waals surface area (Å²) in [6, 6.07) is 58.1. The largest absolute Gasteiger partial charge is 1.00 e. The summed E-state index contributed by atoms with van der Waals surface area (Å²) < 4.78 is 5.11. The fraction of sp³-hybridized carbons (Fsp3) is 0.310. The number of ether oxygens (including phenoxy) is 1. The fourth-order valence-corrected chi connectivity index (χ4v) is 9.48. The Kier molecular flexibility index (Phi) is 24.2. The van der Waals surface area contributed by atoms with Crippen molar-refractivity contribution in [2.45, 2.75) is 69.1 Å². The van der Waals surface area contributed by atoms with E-state index in [1.165, 1.54) is 18.2 Å². The minimum Gasteiger partial charge on any atom is -0.870 e. The summed E-state index contributed by atoms with van der Waals surface area (Å²) in [7, 11) is 5.48. The minimum absolute atomic E-state index is 0. The van der Waals surface area contributed by atoms with Crippen LogP contribution in [0.2, 0.25) is 0 Å². The fourth-order valence-electron chi connectivity index (χ4n) is 9.48. The van der Waals surface area contributed by atoms with E-state index in [1.807, 2.05) is 165 Å². The van der Waals surface area contributed by atoms with Gasteiger partial charge in [0.25, 0.3) is 0 Å². The smallest absolute Gasteiger partial charge is 0.870 e. The molecule has 2 amide bonds. The van der Waals surface area contributed by atoms with Crippen molar-refractivity contribution in [3.63, 3.8) is 0 Å². The third-order valence-electron chi connectivity index (χ3n) is 13.3. The van der Waals surface area contributed by atoms with Crippen LogP contribution in [-0.4, -0.2) is 131 Å². The van der Waals surface area contributed by atoms with Gasteiger partial charge in [-0.3, -0.25) is 9.59 Å². The molecule has 13 heteroatoms. The van der Waals surface area contributed by atoms with Gasteiger partial charge in [0.2, 0.25) is 11.8 Å². The zero-order chi connectivity index (χ0) is 47.1. The van der Waals surface area contributed by atoms with Gasteiger partial charge >= 0.3 is 30.8 Å². The van der Waals surface area contributed by atoms with E-state index >= 15 is 0 Å². The number of hydrogen-bond donors (Lipinski definition) is 1. The van der Waals surface area contributed by atoms with Gasteiger partial charge in [-0.05, 0) is 73.2 Å². The standard InChI is InChI=1S/C29H32N2O3.C28H30N2O3.CH4.Li.2H2O/c1-30(19-18-22-12-6-3-7-13-22)25-20-26(29(33)34-2)31(21-25)28(32)27(23-14-8-4-9-15-23)24-16-10-5-11-17-24;1-29(18-17-21-11-5-2-6-12-21)24-19-25(28(32)33)30(20-24)27(31)26(22-13-7-3-8-14-22)23-15-9-4-10-16-23;;;;/h3-17,25-27H,18-21H2,1-2H3;2-16,24-26H,17-20H2,1H3,(H,32,33);1H4;;2*1H2/q;;;+1;;/p-1/t25-,26-;24-,25-;;;;/m00..../s1. The van der Waals surface area contributed by atoms with Crippen LogP contribution in [0, 0.1) is 0 Å². The van der Waals surface area contributed by atoms with Crippen LogP contribution in [0.4, 0.5) is 0 Å². The number of nitrogens with zero attached hydrogens (tertiary/aromatic N) is 4. The van der Waals surface area contributed by atoms with Gasteiger partial charge in [0.15, 0.2) is 0 Å². The van der Waals surface area contributed by atoms with E-state index in [0.29, 0.717) is 25.9 Å². The van der Waals surface area contributed by atoms with Crippen LogP contribution in [0.1, 0.15) is 65.5 Å². The molecular weight excluding hydrogens is 888 g/mol. The van der Waals surface area contributed by atoms with E-state index in [0.717, 1.165) is 48.2 Å². The molecule has 0 aliphatic carbocycles. The van der Waals surface area contributed by atoms with Crippen molar-refractivity contribution < 1.29 is 58.8 Å². The first-order chi connectivity index (χ1) is 32.6. The molecule has 0 bridgehead atoms. The molecule has 0 aromatic heterocycles. The number of likely N-dealkylation sites (N-methyl/N-ethyl adjacent to an activating group) is 2. The van der Waals surface area contributed by atoms with Crippen LogP contribution in [0.5, 0.6) is 0 Å². The van der Waals surface area contributed by atoms with Crippen molar-refractivity contribution in [3.05, 3.63) is 215 Å². The number of hydrogen-bond acceptors (Lipinski definition) is 8. The van der Waals surface area contributed by atoms with Crippen LogP contribution in [0.25, 0.3) is 0 Å². The van der Waals surface area contributed by atoms with E-state index in [-0.39, 0.29) is 67.1 Å². The number of likely N-dealkylation sites (tertiary alicyclic amines) is 2. The quantitative estimate of drug-likeness (QED) is 0.106. The Balaban J connectivity index is 0.000000355. The number of esters is 1. The Morgan fingerprint density at radius 2 is 0.817 bits per heavy atom. The maximum atomic E-state index is 14.0. The van der Waals surface area contributed by atoms with E-state index in [9.17, 15) is 24.3 Å². The molecule has 0 unspecified atom stereocenters. The average molecular weight is 957 g/mol. The predicted octanol–water partition coefficient (Wildman–Crippen LogP) is 4.82. The molecule has 370 valence electrons. The van der Waals surface area contributed by atoms with Crippen molar-refractivity contribution >= 4 is 23.8 Å². The summed E-state index contributed by atoms with van der Waals surface area (Å²) in [6.45, 7) is 2.58. The Bertz CT molecular complexity index is 2410. The van der Waals surface area contributed by atoms with Crippen molar-refractivity contribution in [2.75, 3.05) is 47.4 Å². The van der Waals surface area contributed by atoms with E-state index < -0.39 is 29.9 Å². The SMILES string of the molecule is C.CN(CCc1ccccc1)[C@H]1C[C@@H](C(=O)O)N(C(=O)C(c2ccccc2)c2ccccc2)C1.COC(=O)[C@@H]1C[C@H](N(C)CCc2ccccc2)CN1C(=O)C(c1ccccc1)c1ccccc1.O.[Li+].[OH-]. The molecule has 8 rings (SSSR count). The van der Waals surface area contributed by atoms with Crippen molar-refractivity contribution in [3.8, 4) is 0 Å². The first-order valence-electron chi connectivity index (χ1n) is 23.2. The third kappa shape index (κ3) is 15.3. The molecule has 2 saturated heterocycles. The third-order valence-corrected chi connectivity index (χ3v) is 13.3. The monoisotopic (exact) mass is 957 g/mol. The number of carbonyl (C=O) groups excluding carboxylic acids is 3. The molecule has 12 nitrogen and oxygen atoms in total. The molecule has 0 spiro atoms. The van der Waals surface area contributed by atoms with Gasteiger partial charge in [-0.2, -0.15) is 0 Å². The Morgan fingerprint density at radius 1 is 0.535 bits per heavy atom. The number of benzene rings is 6. The molecule has 6 aromatic rings. The Hall–Kier alpha value is -6.36. The van der Waals surface area contributed by atoms with Gasteiger partial charge in [-0.15, -0.1) is 0 Å². The molecule has 0 radical (unpaired) electrons. The molecule has 2 aliphatic heterocycles. The summed E-state index contributed by atoms with van der Waals surface area (Å²) in [4.78, 5) is 60.5. The second-order valence-corrected chi connectivity index (χ2v) is 17.6. The van der Waals surface area contributed by atoms with Crippen LogP contribution in [-0.2, 0) is 36.8 Å². The van der Waals surface area contributed by atoms with Crippen LogP contribution in [0.15, 0.2) is 182 Å². The number of carbonyl (C=O) groups is 4. The van der Waals surface area contributed by atoms with Gasteiger partial charge < -0.3 is 40.4 Å². The number of aliphatic carboxylic acids is 1. The molecule has 2 heterocycles. The molecule has 6 aromatic carbocycles. The molecule has 71 heavy (non-hydrogen) atoms. The number of carboxylic acids is 1. The van der Waals surface area contributed by atoms with Gasteiger partial charge in [0, 0.05) is 38.3 Å². The maximum absolute atomic E-state index is 14.0. The van der Waals surface area contributed by atoms with E-state index in [2.05, 4.69) is 41.1 Å². The average Bonchev–Trinajstić information content (AvgIpc) is 4.04. The van der Waals surface area contributed by atoms with Crippen LogP contribution in [0.3, 0.4) is 0 Å². The first kappa shape index (κ1) is 58.9. The molecule has 2 fully saturated rings. The predicted molar refractivity (Wildman–Crippen MR) is 275 cm³/mol. The van der Waals surface area contributed by atoms with E-state index in [4.69, 9.17) is 4.74 Å². The normalized spacial score (nSPS) is 16.9. The van der Waals surface area contributed by atoms with Crippen molar-refractivity contribution in [1.29, 1.82) is 0 Å². The second kappa shape index (κ2) is 29.1. The number of methoxy groups -OCH3 is 1. The minimum atomic E-state index is -0.942. The topological polar surface area (TPSA) is 172 Å². The summed E-state index contributed by atoms with van der Waals surface area (Å²) >= 11 is 0. The Labute approximate surface area is 432 Å². The van der Waals surface area contributed by atoms with Gasteiger partial charge in [0.05, 0.1) is 18.9 Å². The van der Waals surface area contributed by atoms with Gasteiger partial charge in [-0.25, -0.2) is 9.59 Å². The summed E-state index contributed by atoms with van der Waals surface area (Å²) in [5, 5.41) is 9.95. The molecular formula is C58H69LiN4O8. The summed E-state index contributed by atoms with van der Waals surface area (Å²) in [6.07, 6.45) is 2.81. The summed E-state index contributed by atoms with van der Waals surface area (Å²) in [5.74, 6) is -2.51. The molecule has 4 N–H and O–H groups in total. The number of rotatable bonds is 16. The second-order valence-electron chi connectivity index (χ2n) is 17.6. The number of carboxylic acid groups (broad SMARTS) is 1. The first-order valence-corrected chi connectivity index (χ1v) is 23.2. The van der Waals surface area contributed by atoms with Crippen LogP contribution >= 0.6 is 0 Å². The number of amides is 2. The molecule has 0 saturated carbocycles. The van der Waals surface area contributed by atoms with Gasteiger partial charge in [0.1, 0.15) is 12.1 Å². The molecule has 2 aliphatic rings. The van der Waals surface area contributed by atoms with Crippen LogP contribution < -0.4 is 18.9 Å². The molecule has 4 atom stereocenters. The van der Waals surface area contributed by atoms with Gasteiger partial charge in [-0.1, -0.05) is 189 Å².